The Morgan fingerprint density at radius 3 is 2.64 bits per heavy atom. The van der Waals surface area contributed by atoms with Gasteiger partial charge in [0.1, 0.15) is 18.2 Å². The lowest BCUT2D eigenvalue weighted by molar-refractivity contribution is -0.119. The molecular formula is C24H19Cl2FN6O3. The number of pyridine rings is 1. The number of hydrogen-bond donors (Lipinski definition) is 1. The molecule has 12 heteroatoms. The zero-order valence-corrected chi connectivity index (χ0v) is 20.3. The maximum atomic E-state index is 14.0. The van der Waals surface area contributed by atoms with Gasteiger partial charge in [-0.3, -0.25) is 19.1 Å². The topological polar surface area (TPSA) is 113 Å². The molecule has 1 unspecified atom stereocenters. The van der Waals surface area contributed by atoms with Crippen molar-refractivity contribution in [2.45, 2.75) is 31.3 Å². The molecule has 36 heavy (non-hydrogen) atoms. The van der Waals surface area contributed by atoms with Gasteiger partial charge in [-0.05, 0) is 36.6 Å². The van der Waals surface area contributed by atoms with Gasteiger partial charge in [0.05, 0.1) is 39.1 Å². The molecule has 0 saturated carbocycles. The summed E-state index contributed by atoms with van der Waals surface area (Å²) in [6, 6.07) is 7.24. The van der Waals surface area contributed by atoms with E-state index in [0.29, 0.717) is 32.4 Å². The second-order valence-corrected chi connectivity index (χ2v) is 9.70. The minimum atomic E-state index is -0.756. The summed E-state index contributed by atoms with van der Waals surface area (Å²) in [6.45, 7) is 0.406. The van der Waals surface area contributed by atoms with Crippen LogP contribution in [0.15, 0.2) is 46.2 Å². The summed E-state index contributed by atoms with van der Waals surface area (Å²) in [7, 11) is 0. The smallest absolute Gasteiger partial charge is 0.338 e. The molecule has 1 atom stereocenters. The first-order valence-electron chi connectivity index (χ1n) is 11.1. The predicted octanol–water partition coefficient (Wildman–Crippen LogP) is 2.89. The minimum absolute atomic E-state index is 0.0549. The van der Waals surface area contributed by atoms with Crippen molar-refractivity contribution in [3.63, 3.8) is 0 Å². The Bertz CT molecular complexity index is 1560. The van der Waals surface area contributed by atoms with E-state index in [4.69, 9.17) is 23.2 Å². The third-order valence-electron chi connectivity index (χ3n) is 6.59. The van der Waals surface area contributed by atoms with Crippen molar-refractivity contribution in [2.75, 3.05) is 18.0 Å². The van der Waals surface area contributed by atoms with Crippen molar-refractivity contribution < 1.29 is 9.18 Å². The van der Waals surface area contributed by atoms with E-state index in [1.54, 1.807) is 0 Å². The van der Waals surface area contributed by atoms with Crippen LogP contribution in [0.5, 0.6) is 0 Å². The molecule has 2 fully saturated rings. The van der Waals surface area contributed by atoms with Gasteiger partial charge in [-0.1, -0.05) is 29.3 Å². The molecule has 184 valence electrons. The van der Waals surface area contributed by atoms with Gasteiger partial charge in [0.15, 0.2) is 0 Å². The molecule has 1 amide bonds. The maximum absolute atomic E-state index is 14.0. The fourth-order valence-electron chi connectivity index (χ4n) is 4.97. The van der Waals surface area contributed by atoms with E-state index in [1.807, 2.05) is 11.0 Å². The quantitative estimate of drug-likeness (QED) is 0.557. The first-order chi connectivity index (χ1) is 17.2. The number of amides is 1. The average Bonchev–Trinajstić information content (AvgIpc) is 3.42. The van der Waals surface area contributed by atoms with Gasteiger partial charge in [-0.15, -0.1) is 0 Å². The number of aromatic nitrogens is 3. The molecule has 3 aromatic rings. The van der Waals surface area contributed by atoms with E-state index >= 15 is 0 Å². The van der Waals surface area contributed by atoms with E-state index in [0.717, 1.165) is 10.6 Å². The van der Waals surface area contributed by atoms with Crippen LogP contribution in [0.2, 0.25) is 10.0 Å². The van der Waals surface area contributed by atoms with Crippen molar-refractivity contribution in [1.29, 1.82) is 5.26 Å². The molecule has 1 N–H and O–H groups in total. The van der Waals surface area contributed by atoms with Crippen LogP contribution in [-0.2, 0) is 11.3 Å². The van der Waals surface area contributed by atoms with E-state index in [-0.39, 0.29) is 45.1 Å². The normalized spacial score (nSPS) is 19.1. The van der Waals surface area contributed by atoms with Gasteiger partial charge in [0.25, 0.3) is 5.56 Å². The van der Waals surface area contributed by atoms with Crippen LogP contribution in [0.25, 0.3) is 16.8 Å². The zero-order chi connectivity index (χ0) is 25.6. The number of nitrogens with one attached hydrogen (secondary N) is 1. The molecule has 2 saturated heterocycles. The minimum Gasteiger partial charge on any atom is -0.355 e. The molecule has 2 aromatic heterocycles. The van der Waals surface area contributed by atoms with E-state index < -0.39 is 22.6 Å². The number of carbonyl (C=O) groups excluding carboxylic acids is 1. The number of nitriles is 1. The monoisotopic (exact) mass is 528 g/mol. The Hall–Kier alpha value is -3.68. The second kappa shape index (κ2) is 9.08. The number of carbonyl (C=O) groups is 1. The first-order valence-corrected chi connectivity index (χ1v) is 11.9. The van der Waals surface area contributed by atoms with Crippen molar-refractivity contribution in [1.82, 2.24) is 19.4 Å². The Morgan fingerprint density at radius 1 is 1.17 bits per heavy atom. The van der Waals surface area contributed by atoms with E-state index in [1.165, 1.54) is 35.2 Å². The van der Waals surface area contributed by atoms with Crippen molar-refractivity contribution in [2.24, 2.45) is 0 Å². The third kappa shape index (κ3) is 4.04. The van der Waals surface area contributed by atoms with Crippen molar-refractivity contribution in [3.05, 3.63) is 73.4 Å². The van der Waals surface area contributed by atoms with Gasteiger partial charge in [0, 0.05) is 25.7 Å². The van der Waals surface area contributed by atoms with Crippen LogP contribution < -0.4 is 21.5 Å². The predicted molar refractivity (Wildman–Crippen MR) is 132 cm³/mol. The molecule has 0 aliphatic carbocycles. The fraction of sp³-hybridized carbons (Fsp3) is 0.292. The van der Waals surface area contributed by atoms with Crippen LogP contribution in [-0.4, -0.2) is 38.7 Å². The molecule has 1 aromatic carbocycles. The van der Waals surface area contributed by atoms with Crippen LogP contribution >= 0.6 is 23.2 Å². The highest BCUT2D eigenvalue weighted by Gasteiger charge is 2.44. The summed E-state index contributed by atoms with van der Waals surface area (Å²) >= 11 is 12.1. The van der Waals surface area contributed by atoms with Gasteiger partial charge in [-0.25, -0.2) is 13.8 Å². The van der Waals surface area contributed by atoms with Gasteiger partial charge < -0.3 is 10.2 Å². The lowest BCUT2D eigenvalue weighted by atomic mass is 9.97. The lowest BCUT2D eigenvalue weighted by Gasteiger charge is -2.28. The molecule has 5 rings (SSSR count). The summed E-state index contributed by atoms with van der Waals surface area (Å²) in [5.41, 5.74) is -1.50. The summed E-state index contributed by atoms with van der Waals surface area (Å²) in [5, 5.41) is 12.6. The van der Waals surface area contributed by atoms with Crippen LogP contribution in [0, 0.1) is 17.1 Å². The van der Waals surface area contributed by atoms with Crippen LogP contribution in [0.4, 0.5) is 10.2 Å². The molecule has 4 heterocycles. The molecule has 2 aliphatic heterocycles. The first kappa shape index (κ1) is 24.0. The van der Waals surface area contributed by atoms with Crippen molar-refractivity contribution >= 4 is 34.9 Å². The highest BCUT2D eigenvalue weighted by atomic mass is 35.5. The van der Waals surface area contributed by atoms with Gasteiger partial charge in [0.2, 0.25) is 5.91 Å². The van der Waals surface area contributed by atoms with E-state index in [2.05, 4.69) is 10.3 Å². The number of rotatable bonds is 4. The summed E-state index contributed by atoms with van der Waals surface area (Å²) in [4.78, 5) is 45.4. The van der Waals surface area contributed by atoms with Gasteiger partial charge >= 0.3 is 5.69 Å². The fourth-order valence-corrected chi connectivity index (χ4v) is 5.32. The Balaban J connectivity index is 1.81. The number of anilines is 1. The molecular weight excluding hydrogens is 510 g/mol. The SMILES string of the molecule is N#CCn1c(N2CCC3(CCC(=O)N3)C2)c(-c2ccc(F)c(Cl)c2)c(=O)n(-c2cncc(Cl)c2)c1=O. The number of benzene rings is 1. The average molecular weight is 529 g/mol. The third-order valence-corrected chi connectivity index (χ3v) is 7.09. The van der Waals surface area contributed by atoms with Crippen molar-refractivity contribution in [3.8, 4) is 22.9 Å². The largest absolute Gasteiger partial charge is 0.355 e. The number of halogens is 3. The lowest BCUT2D eigenvalue weighted by Crippen LogP contribution is -2.46. The molecule has 2 aliphatic rings. The van der Waals surface area contributed by atoms with Crippen LogP contribution in [0.1, 0.15) is 19.3 Å². The highest BCUT2D eigenvalue weighted by molar-refractivity contribution is 6.31. The molecule has 9 nitrogen and oxygen atoms in total. The zero-order valence-electron chi connectivity index (χ0n) is 18.8. The Kier molecular flexibility index (Phi) is 6.06. The number of hydrogen-bond acceptors (Lipinski definition) is 6. The van der Waals surface area contributed by atoms with E-state index in [9.17, 15) is 24.0 Å². The van der Waals surface area contributed by atoms with Gasteiger partial charge in [-0.2, -0.15) is 5.26 Å². The summed E-state index contributed by atoms with van der Waals surface area (Å²) < 4.78 is 16.1. The Morgan fingerprint density at radius 2 is 1.97 bits per heavy atom. The van der Waals surface area contributed by atoms with Crippen LogP contribution in [0.3, 0.4) is 0 Å². The summed E-state index contributed by atoms with van der Waals surface area (Å²) in [6.07, 6.45) is 4.28. The Labute approximate surface area is 214 Å². The molecule has 1 spiro atoms. The standard InChI is InChI=1S/C24H19Cl2FN6O3/c25-15-10-16(12-29-11-15)33-22(35)20(14-1-2-18(27)17(26)9-14)21(32(8-6-28)23(33)36)31-7-5-24(13-31)4-3-19(34)30-24/h1-2,9-12H,3-5,7-8,13H2,(H,30,34). The number of nitrogens with zero attached hydrogens (tertiary/aromatic N) is 5. The highest BCUT2D eigenvalue weighted by Crippen LogP contribution is 2.37. The summed E-state index contributed by atoms with van der Waals surface area (Å²) in [5.74, 6) is -0.514. The second-order valence-electron chi connectivity index (χ2n) is 8.86. The molecule has 0 radical (unpaired) electrons. The maximum Gasteiger partial charge on any atom is 0.338 e. The molecule has 0 bridgehead atoms.